The number of methoxy groups -OCH3 is 1. The Morgan fingerprint density at radius 3 is 2.67 bits per heavy atom. The van der Waals surface area contributed by atoms with Crippen LogP contribution in [0.15, 0.2) is 0 Å². The molecule has 0 spiro atoms. The lowest BCUT2D eigenvalue weighted by molar-refractivity contribution is -0.152. The quantitative estimate of drug-likeness (QED) is 0.739. The summed E-state index contributed by atoms with van der Waals surface area (Å²) in [5.74, 6) is -1.15. The Hall–Kier alpha value is -1.18. The van der Waals surface area contributed by atoms with Crippen molar-refractivity contribution in [2.45, 2.75) is 57.2 Å². The van der Waals surface area contributed by atoms with Gasteiger partial charge in [-0.1, -0.05) is 0 Å². The highest BCUT2D eigenvalue weighted by atomic mass is 16.8. The highest BCUT2D eigenvalue weighted by Gasteiger charge is 2.49. The van der Waals surface area contributed by atoms with Gasteiger partial charge in [-0.2, -0.15) is 0 Å². The van der Waals surface area contributed by atoms with E-state index in [1.807, 2.05) is 0 Å². The summed E-state index contributed by atoms with van der Waals surface area (Å²) >= 11 is 0. The van der Waals surface area contributed by atoms with Crippen molar-refractivity contribution in [3.8, 4) is 0 Å². The predicted octanol–water partition coefficient (Wildman–Crippen LogP) is 0.0529. The molecule has 0 aliphatic carbocycles. The molecule has 0 aromatic carbocycles. The van der Waals surface area contributed by atoms with Crippen molar-refractivity contribution in [2.24, 2.45) is 0 Å². The Labute approximate surface area is 124 Å². The molecule has 2 aliphatic heterocycles. The van der Waals surface area contributed by atoms with E-state index in [2.05, 4.69) is 4.74 Å². The van der Waals surface area contributed by atoms with Crippen molar-refractivity contribution >= 4 is 11.9 Å². The van der Waals surface area contributed by atoms with Gasteiger partial charge in [0, 0.05) is 25.9 Å². The lowest BCUT2D eigenvalue weighted by Crippen LogP contribution is -2.55. The Morgan fingerprint density at radius 1 is 1.29 bits per heavy atom. The normalized spacial score (nSPS) is 30.9. The van der Waals surface area contributed by atoms with Gasteiger partial charge in [-0.25, -0.2) is 0 Å². The molecule has 0 aromatic heterocycles. The largest absolute Gasteiger partial charge is 0.469 e. The van der Waals surface area contributed by atoms with Gasteiger partial charge in [0.2, 0.25) is 5.91 Å². The van der Waals surface area contributed by atoms with Gasteiger partial charge in [-0.3, -0.25) is 9.59 Å². The fourth-order valence-corrected chi connectivity index (χ4v) is 2.80. The topological polar surface area (TPSA) is 85.3 Å². The van der Waals surface area contributed by atoms with Gasteiger partial charge in [0.25, 0.3) is 0 Å². The summed E-state index contributed by atoms with van der Waals surface area (Å²) in [6, 6.07) is 0. The van der Waals surface area contributed by atoms with E-state index in [1.165, 1.54) is 7.11 Å². The number of piperidine rings is 1. The maximum Gasteiger partial charge on any atom is 0.305 e. The van der Waals surface area contributed by atoms with Crippen molar-refractivity contribution < 1.29 is 28.9 Å². The van der Waals surface area contributed by atoms with Crippen LogP contribution in [-0.2, 0) is 23.8 Å². The summed E-state index contributed by atoms with van der Waals surface area (Å²) in [6.07, 6.45) is -0.543. The van der Waals surface area contributed by atoms with Crippen LogP contribution in [0.5, 0.6) is 0 Å². The van der Waals surface area contributed by atoms with Crippen molar-refractivity contribution in [3.05, 3.63) is 0 Å². The molecule has 0 bridgehead atoms. The van der Waals surface area contributed by atoms with Crippen molar-refractivity contribution in [1.82, 2.24) is 4.90 Å². The van der Waals surface area contributed by atoms with E-state index in [9.17, 15) is 14.7 Å². The average Bonchev–Trinajstić information content (AvgIpc) is 2.73. The lowest BCUT2D eigenvalue weighted by atomic mass is 10.0. The first-order valence-corrected chi connectivity index (χ1v) is 7.20. The van der Waals surface area contributed by atoms with Crippen LogP contribution < -0.4 is 0 Å². The van der Waals surface area contributed by atoms with Crippen molar-refractivity contribution in [1.29, 1.82) is 0 Å². The van der Waals surface area contributed by atoms with Gasteiger partial charge in [-0.05, 0) is 20.3 Å². The van der Waals surface area contributed by atoms with Crippen LogP contribution >= 0.6 is 0 Å². The van der Waals surface area contributed by atoms with Crippen LogP contribution in [-0.4, -0.2) is 66.2 Å². The molecule has 1 N–H and O–H groups in total. The van der Waals surface area contributed by atoms with Crippen molar-refractivity contribution in [3.63, 3.8) is 0 Å². The number of carbonyl (C=O) groups is 2. The third kappa shape index (κ3) is 3.93. The summed E-state index contributed by atoms with van der Waals surface area (Å²) < 4.78 is 15.9. The molecule has 3 atom stereocenters. The molecule has 120 valence electrons. The molecule has 0 radical (unpaired) electrons. The second kappa shape index (κ2) is 6.29. The summed E-state index contributed by atoms with van der Waals surface area (Å²) in [6.45, 7) is 4.22. The molecule has 2 heterocycles. The molecule has 7 heteroatoms. The van der Waals surface area contributed by atoms with Gasteiger partial charge in [0.1, 0.15) is 18.3 Å². The zero-order chi connectivity index (χ0) is 15.6. The van der Waals surface area contributed by atoms with Gasteiger partial charge < -0.3 is 24.2 Å². The van der Waals surface area contributed by atoms with Crippen LogP contribution in [0.4, 0.5) is 0 Å². The number of ether oxygens (including phenoxy) is 3. The number of fused-ring (bicyclic) bond motifs is 1. The molecule has 21 heavy (non-hydrogen) atoms. The zero-order valence-corrected chi connectivity index (χ0v) is 12.7. The molecule has 0 unspecified atom stereocenters. The van der Waals surface area contributed by atoms with Crippen LogP contribution in [0.3, 0.4) is 0 Å². The number of hydrogen-bond donors (Lipinski definition) is 1. The number of aliphatic hydroxyl groups is 1. The minimum atomic E-state index is -0.755. The molecule has 0 saturated carbocycles. The molecule has 2 rings (SSSR count). The number of rotatable bonds is 4. The van der Waals surface area contributed by atoms with E-state index >= 15 is 0 Å². The number of esters is 1. The Bertz CT molecular complexity index is 410. The monoisotopic (exact) mass is 301 g/mol. The molecule has 7 nitrogen and oxygen atoms in total. The molecule has 2 aliphatic rings. The Kier molecular flexibility index (Phi) is 4.85. The summed E-state index contributed by atoms with van der Waals surface area (Å²) in [5.41, 5.74) is 0. The van der Waals surface area contributed by atoms with E-state index in [4.69, 9.17) is 9.47 Å². The molecule has 2 fully saturated rings. The molecular weight excluding hydrogens is 278 g/mol. The smallest absolute Gasteiger partial charge is 0.305 e. The highest BCUT2D eigenvalue weighted by molar-refractivity contribution is 5.77. The third-order valence-electron chi connectivity index (χ3n) is 3.76. The number of β-amino-alcohol motifs (C(OH)–C–C–N with tert-alkyl or cyclic N) is 1. The van der Waals surface area contributed by atoms with E-state index in [0.29, 0.717) is 13.0 Å². The SMILES string of the molecule is COC(=O)CCCC(=O)N1C[C@@H](O)[C@H]2OC(C)(C)O[C@H]2C1. The van der Waals surface area contributed by atoms with E-state index in [-0.39, 0.29) is 43.5 Å². The molecule has 0 aromatic rings. The molecule has 2 saturated heterocycles. The van der Waals surface area contributed by atoms with Crippen molar-refractivity contribution in [2.75, 3.05) is 20.2 Å². The summed E-state index contributed by atoms with van der Waals surface area (Å²) in [7, 11) is 1.32. The zero-order valence-electron chi connectivity index (χ0n) is 12.7. The first kappa shape index (κ1) is 16.2. The van der Waals surface area contributed by atoms with Gasteiger partial charge in [-0.15, -0.1) is 0 Å². The maximum atomic E-state index is 12.1. The van der Waals surface area contributed by atoms with Gasteiger partial charge >= 0.3 is 5.97 Å². The lowest BCUT2D eigenvalue weighted by Gasteiger charge is -2.36. The highest BCUT2D eigenvalue weighted by Crippen LogP contribution is 2.33. The fraction of sp³-hybridized carbons (Fsp3) is 0.857. The molecule has 1 amide bonds. The first-order valence-electron chi connectivity index (χ1n) is 7.20. The fourth-order valence-electron chi connectivity index (χ4n) is 2.80. The minimum absolute atomic E-state index is 0.0929. The number of hydrogen-bond acceptors (Lipinski definition) is 6. The predicted molar refractivity (Wildman–Crippen MR) is 72.3 cm³/mol. The van der Waals surface area contributed by atoms with E-state index < -0.39 is 11.9 Å². The number of carbonyl (C=O) groups excluding carboxylic acids is 2. The van der Waals surface area contributed by atoms with Crippen LogP contribution in [0, 0.1) is 0 Å². The Balaban J connectivity index is 1.85. The van der Waals surface area contributed by atoms with Gasteiger partial charge in [0.15, 0.2) is 5.79 Å². The Morgan fingerprint density at radius 2 is 2.00 bits per heavy atom. The number of amides is 1. The summed E-state index contributed by atoms with van der Waals surface area (Å²) in [5, 5.41) is 10.1. The second-order valence-electron chi connectivity index (χ2n) is 5.93. The summed E-state index contributed by atoms with van der Waals surface area (Å²) in [4.78, 5) is 24.7. The standard InChI is InChI=1S/C14H23NO6/c1-14(2)20-10-8-15(7-9(16)13(10)21-14)11(17)5-4-6-12(18)19-3/h9-10,13,16H,4-8H2,1-3H3/t9-,10+,13-/m1/s1. The van der Waals surface area contributed by atoms with Crippen LogP contribution in [0.1, 0.15) is 33.1 Å². The third-order valence-corrected chi connectivity index (χ3v) is 3.76. The average molecular weight is 301 g/mol. The number of aliphatic hydroxyl groups excluding tert-OH is 1. The van der Waals surface area contributed by atoms with E-state index in [0.717, 1.165) is 0 Å². The first-order chi connectivity index (χ1) is 9.82. The second-order valence-corrected chi connectivity index (χ2v) is 5.93. The van der Waals surface area contributed by atoms with E-state index in [1.54, 1.807) is 18.7 Å². The molecular formula is C14H23NO6. The maximum absolute atomic E-state index is 12.1. The minimum Gasteiger partial charge on any atom is -0.469 e. The van der Waals surface area contributed by atoms with Crippen LogP contribution in [0.25, 0.3) is 0 Å². The van der Waals surface area contributed by atoms with Gasteiger partial charge in [0.05, 0.1) is 7.11 Å². The van der Waals surface area contributed by atoms with Crippen LogP contribution in [0.2, 0.25) is 0 Å². The number of nitrogens with zero attached hydrogens (tertiary/aromatic N) is 1. The number of likely N-dealkylation sites (tertiary alicyclic amines) is 1.